The summed E-state index contributed by atoms with van der Waals surface area (Å²) in [6, 6.07) is 0.237. The van der Waals surface area contributed by atoms with Crippen LogP contribution in [0, 0.1) is 11.8 Å². The molecule has 0 spiro atoms. The molecule has 0 unspecified atom stereocenters. The van der Waals surface area contributed by atoms with Gasteiger partial charge >= 0.3 is 6.03 Å². The summed E-state index contributed by atoms with van der Waals surface area (Å²) in [5, 5.41) is 11.8. The van der Waals surface area contributed by atoms with Crippen molar-refractivity contribution >= 4 is 6.03 Å². The first-order chi connectivity index (χ1) is 7.54. The molecule has 1 aliphatic rings. The van der Waals surface area contributed by atoms with Crippen molar-refractivity contribution in [2.24, 2.45) is 11.8 Å². The van der Waals surface area contributed by atoms with Gasteiger partial charge in [0.1, 0.15) is 0 Å². The number of hydrogen-bond donors (Lipinski definition) is 2. The van der Waals surface area contributed by atoms with Crippen LogP contribution < -0.4 is 5.32 Å². The number of carbonyl (C=O) groups is 1. The number of urea groups is 1. The molecule has 0 heterocycles. The molecule has 0 aromatic rings. The highest BCUT2D eigenvalue weighted by Crippen LogP contribution is 2.29. The largest absolute Gasteiger partial charge is 0.395 e. The van der Waals surface area contributed by atoms with Crippen LogP contribution in [0.25, 0.3) is 0 Å². The minimum absolute atomic E-state index is 0.0159. The lowest BCUT2D eigenvalue weighted by atomic mass is 9.79. The molecule has 1 saturated carbocycles. The summed E-state index contributed by atoms with van der Waals surface area (Å²) in [5.41, 5.74) is 0. The van der Waals surface area contributed by atoms with E-state index < -0.39 is 0 Å². The first kappa shape index (κ1) is 13.3. The molecular formula is C12H24N2O2. The summed E-state index contributed by atoms with van der Waals surface area (Å²) in [6.45, 7) is 4.94. The average Bonchev–Trinajstić information content (AvgIpc) is 2.24. The smallest absolute Gasteiger partial charge is 0.317 e. The van der Waals surface area contributed by atoms with Gasteiger partial charge in [-0.25, -0.2) is 4.79 Å². The highest BCUT2D eigenvalue weighted by atomic mass is 16.3. The van der Waals surface area contributed by atoms with Gasteiger partial charge in [0, 0.05) is 19.6 Å². The Kier molecular flexibility index (Phi) is 5.06. The Morgan fingerprint density at radius 3 is 2.62 bits per heavy atom. The second-order valence-electron chi connectivity index (χ2n) is 5.06. The van der Waals surface area contributed by atoms with E-state index in [0.29, 0.717) is 18.5 Å². The molecule has 3 atom stereocenters. The zero-order chi connectivity index (χ0) is 12.1. The maximum absolute atomic E-state index is 11.7. The van der Waals surface area contributed by atoms with Crippen molar-refractivity contribution in [3.05, 3.63) is 0 Å². The standard InChI is InChI=1S/C12H24N2O2/c1-9-4-5-11(8-10(9)2)13-12(16)14(3)6-7-15/h9-11,15H,4-8H2,1-3H3,(H,13,16)/t9-,10-,11+/m1/s1. The number of aliphatic hydroxyl groups is 1. The molecule has 2 amide bonds. The van der Waals surface area contributed by atoms with Gasteiger partial charge in [0.15, 0.2) is 0 Å². The van der Waals surface area contributed by atoms with Crippen LogP contribution in [0.2, 0.25) is 0 Å². The van der Waals surface area contributed by atoms with Crippen molar-refractivity contribution in [3.8, 4) is 0 Å². The van der Waals surface area contributed by atoms with Crippen LogP contribution in [-0.4, -0.2) is 42.3 Å². The summed E-state index contributed by atoms with van der Waals surface area (Å²) in [5.74, 6) is 1.45. The molecule has 2 N–H and O–H groups in total. The highest BCUT2D eigenvalue weighted by molar-refractivity contribution is 5.74. The van der Waals surface area contributed by atoms with Gasteiger partial charge in [0.25, 0.3) is 0 Å². The predicted molar refractivity (Wildman–Crippen MR) is 64.2 cm³/mol. The molecule has 94 valence electrons. The van der Waals surface area contributed by atoms with Crippen molar-refractivity contribution in [2.75, 3.05) is 20.2 Å². The minimum atomic E-state index is -0.0687. The van der Waals surface area contributed by atoms with Crippen LogP contribution in [0.5, 0.6) is 0 Å². The zero-order valence-corrected chi connectivity index (χ0v) is 10.6. The van der Waals surface area contributed by atoms with Crippen LogP contribution in [0.3, 0.4) is 0 Å². The van der Waals surface area contributed by atoms with Gasteiger partial charge in [-0.2, -0.15) is 0 Å². The molecule has 0 radical (unpaired) electrons. The van der Waals surface area contributed by atoms with E-state index in [2.05, 4.69) is 19.2 Å². The number of carbonyl (C=O) groups excluding carboxylic acids is 1. The monoisotopic (exact) mass is 228 g/mol. The second kappa shape index (κ2) is 6.09. The van der Waals surface area contributed by atoms with Crippen LogP contribution in [0.15, 0.2) is 0 Å². The predicted octanol–water partition coefficient (Wildman–Crippen LogP) is 1.44. The van der Waals surface area contributed by atoms with Gasteiger partial charge in [-0.1, -0.05) is 13.8 Å². The van der Waals surface area contributed by atoms with Crippen molar-refractivity contribution < 1.29 is 9.90 Å². The topological polar surface area (TPSA) is 52.6 Å². The van der Waals surface area contributed by atoms with Crippen molar-refractivity contribution in [1.29, 1.82) is 0 Å². The highest BCUT2D eigenvalue weighted by Gasteiger charge is 2.26. The zero-order valence-electron chi connectivity index (χ0n) is 10.6. The molecule has 4 heteroatoms. The quantitative estimate of drug-likeness (QED) is 0.768. The van der Waals surface area contributed by atoms with E-state index in [4.69, 9.17) is 5.11 Å². The lowest BCUT2D eigenvalue weighted by Crippen LogP contribution is -2.46. The Bertz CT molecular complexity index is 233. The van der Waals surface area contributed by atoms with E-state index in [9.17, 15) is 4.79 Å². The number of likely N-dealkylation sites (N-methyl/N-ethyl adjacent to an activating group) is 1. The fraction of sp³-hybridized carbons (Fsp3) is 0.917. The number of amides is 2. The molecule has 0 aromatic carbocycles. The number of rotatable bonds is 3. The Morgan fingerprint density at radius 2 is 2.06 bits per heavy atom. The van der Waals surface area contributed by atoms with E-state index in [-0.39, 0.29) is 12.6 Å². The average molecular weight is 228 g/mol. The molecule has 0 aromatic heterocycles. The summed E-state index contributed by atoms with van der Waals surface area (Å²) in [4.78, 5) is 13.2. The van der Waals surface area contributed by atoms with Gasteiger partial charge < -0.3 is 15.3 Å². The van der Waals surface area contributed by atoms with Gasteiger partial charge in [-0.05, 0) is 31.1 Å². The molecule has 1 aliphatic carbocycles. The third kappa shape index (κ3) is 3.67. The third-order valence-corrected chi connectivity index (χ3v) is 3.71. The Labute approximate surface area is 98.0 Å². The SMILES string of the molecule is C[C@@H]1CC[C@H](NC(=O)N(C)CCO)C[C@H]1C. The summed E-state index contributed by atoms with van der Waals surface area (Å²) >= 11 is 0. The van der Waals surface area contributed by atoms with E-state index in [1.807, 2.05) is 0 Å². The first-order valence-electron chi connectivity index (χ1n) is 6.17. The Balaban J connectivity index is 2.34. The van der Waals surface area contributed by atoms with Gasteiger partial charge in [-0.15, -0.1) is 0 Å². The van der Waals surface area contributed by atoms with E-state index >= 15 is 0 Å². The Morgan fingerprint density at radius 1 is 1.38 bits per heavy atom. The molecule has 16 heavy (non-hydrogen) atoms. The van der Waals surface area contributed by atoms with Crippen molar-refractivity contribution in [3.63, 3.8) is 0 Å². The third-order valence-electron chi connectivity index (χ3n) is 3.71. The van der Waals surface area contributed by atoms with E-state index in [0.717, 1.165) is 18.8 Å². The maximum atomic E-state index is 11.7. The fourth-order valence-electron chi connectivity index (χ4n) is 2.21. The van der Waals surface area contributed by atoms with Crippen LogP contribution in [0.4, 0.5) is 4.79 Å². The van der Waals surface area contributed by atoms with Crippen LogP contribution in [0.1, 0.15) is 33.1 Å². The molecule has 0 bridgehead atoms. The second-order valence-corrected chi connectivity index (χ2v) is 5.06. The fourth-order valence-corrected chi connectivity index (χ4v) is 2.21. The lowest BCUT2D eigenvalue weighted by molar-refractivity contribution is 0.174. The molecule has 4 nitrogen and oxygen atoms in total. The maximum Gasteiger partial charge on any atom is 0.317 e. The number of nitrogens with one attached hydrogen (secondary N) is 1. The summed E-state index contributed by atoms with van der Waals surface area (Å²) < 4.78 is 0. The first-order valence-corrected chi connectivity index (χ1v) is 6.17. The van der Waals surface area contributed by atoms with Crippen molar-refractivity contribution in [2.45, 2.75) is 39.2 Å². The summed E-state index contributed by atoms with van der Waals surface area (Å²) in [6.07, 6.45) is 3.33. The van der Waals surface area contributed by atoms with Crippen LogP contribution in [-0.2, 0) is 0 Å². The number of nitrogens with zero attached hydrogens (tertiary/aromatic N) is 1. The van der Waals surface area contributed by atoms with E-state index in [1.165, 1.54) is 11.3 Å². The molecule has 0 aliphatic heterocycles. The minimum Gasteiger partial charge on any atom is -0.395 e. The molecule has 0 saturated heterocycles. The summed E-state index contributed by atoms with van der Waals surface area (Å²) in [7, 11) is 1.71. The Hall–Kier alpha value is -0.770. The number of hydrogen-bond acceptors (Lipinski definition) is 2. The molecule has 1 rings (SSSR count). The number of aliphatic hydroxyl groups excluding tert-OH is 1. The van der Waals surface area contributed by atoms with E-state index in [1.54, 1.807) is 7.05 Å². The van der Waals surface area contributed by atoms with Crippen LogP contribution >= 0.6 is 0 Å². The molecule has 1 fully saturated rings. The lowest BCUT2D eigenvalue weighted by Gasteiger charge is -2.33. The normalized spacial score (nSPS) is 29.9. The van der Waals surface area contributed by atoms with Gasteiger partial charge in [0.05, 0.1) is 6.61 Å². The van der Waals surface area contributed by atoms with Gasteiger partial charge in [0.2, 0.25) is 0 Å². The molecular weight excluding hydrogens is 204 g/mol. The van der Waals surface area contributed by atoms with Gasteiger partial charge in [-0.3, -0.25) is 0 Å². The van der Waals surface area contributed by atoms with Crippen molar-refractivity contribution in [1.82, 2.24) is 10.2 Å².